The molecule has 3 rings (SSSR count). The minimum Gasteiger partial charge on any atom is -0.493 e. The molecule has 2 aromatic rings. The van der Waals surface area contributed by atoms with Gasteiger partial charge in [-0.15, -0.1) is 0 Å². The Labute approximate surface area is 168 Å². The number of carbonyl (C=O) groups excluding carboxylic acids is 1. The van der Waals surface area contributed by atoms with Crippen LogP contribution in [0.3, 0.4) is 0 Å². The Bertz CT molecular complexity index is 956. The number of hydrogen-bond donors (Lipinski definition) is 1. The maximum absolute atomic E-state index is 13.1. The fourth-order valence-corrected chi connectivity index (χ4v) is 3.77. The van der Waals surface area contributed by atoms with Crippen molar-refractivity contribution in [2.45, 2.75) is 12.0 Å². The number of methoxy groups -OCH3 is 4. The van der Waals surface area contributed by atoms with E-state index in [-0.39, 0.29) is 11.5 Å². The van der Waals surface area contributed by atoms with Crippen LogP contribution in [-0.4, -0.2) is 57.4 Å². The third-order valence-corrected chi connectivity index (χ3v) is 5.19. The number of benzene rings is 2. The number of fused-ring (bicyclic) bond motifs is 1. The van der Waals surface area contributed by atoms with Crippen molar-refractivity contribution in [3.63, 3.8) is 0 Å². The fourth-order valence-electron chi connectivity index (χ4n) is 3.77. The summed E-state index contributed by atoms with van der Waals surface area (Å²) in [6, 6.07) is 7.45. The number of aliphatic carboxylic acids is 1. The number of carbonyl (C=O) groups is 2. The quantitative estimate of drug-likeness (QED) is 0.795. The van der Waals surface area contributed by atoms with Crippen LogP contribution in [0.2, 0.25) is 0 Å². The zero-order chi connectivity index (χ0) is 21.3. The van der Waals surface area contributed by atoms with Crippen LogP contribution in [0.5, 0.6) is 23.0 Å². The zero-order valence-electron chi connectivity index (χ0n) is 16.9. The highest BCUT2D eigenvalue weighted by atomic mass is 16.5. The van der Waals surface area contributed by atoms with E-state index in [0.717, 1.165) is 0 Å². The lowest BCUT2D eigenvalue weighted by Gasteiger charge is -2.39. The number of amides is 1. The van der Waals surface area contributed by atoms with Crippen LogP contribution in [-0.2, 0) is 4.79 Å². The molecule has 0 aliphatic carbocycles. The molecule has 8 nitrogen and oxygen atoms in total. The first-order chi connectivity index (χ1) is 13.9. The van der Waals surface area contributed by atoms with Gasteiger partial charge >= 0.3 is 5.97 Å². The van der Waals surface area contributed by atoms with E-state index in [0.29, 0.717) is 34.1 Å². The Morgan fingerprint density at radius 3 is 2.00 bits per heavy atom. The van der Waals surface area contributed by atoms with Gasteiger partial charge in [0.2, 0.25) is 0 Å². The first kappa shape index (κ1) is 20.3. The minimum absolute atomic E-state index is 0.272. The molecule has 0 saturated carbocycles. The Hall–Kier alpha value is -3.42. The van der Waals surface area contributed by atoms with E-state index in [2.05, 4.69) is 0 Å². The van der Waals surface area contributed by atoms with Crippen molar-refractivity contribution in [3.8, 4) is 23.0 Å². The van der Waals surface area contributed by atoms with E-state index in [4.69, 9.17) is 18.9 Å². The molecule has 29 heavy (non-hydrogen) atoms. The van der Waals surface area contributed by atoms with Crippen molar-refractivity contribution < 1.29 is 33.6 Å². The zero-order valence-corrected chi connectivity index (χ0v) is 16.9. The van der Waals surface area contributed by atoms with Crippen LogP contribution in [0.4, 0.5) is 0 Å². The number of rotatable bonds is 6. The second kappa shape index (κ2) is 7.90. The molecule has 8 heteroatoms. The molecule has 0 radical (unpaired) electrons. The molecule has 1 N–H and O–H groups in total. The number of carboxylic acids is 1. The number of nitrogens with zero attached hydrogens (tertiary/aromatic N) is 1. The smallest absolute Gasteiger partial charge is 0.313 e. The molecule has 1 heterocycles. The minimum atomic E-state index is -1.06. The topological polar surface area (TPSA) is 94.5 Å². The maximum atomic E-state index is 13.1. The van der Waals surface area contributed by atoms with Crippen molar-refractivity contribution in [1.82, 2.24) is 4.90 Å². The average Bonchev–Trinajstić information content (AvgIpc) is 2.74. The van der Waals surface area contributed by atoms with E-state index < -0.39 is 17.9 Å². The second-order valence-corrected chi connectivity index (χ2v) is 6.59. The van der Waals surface area contributed by atoms with Gasteiger partial charge in [-0.25, -0.2) is 0 Å². The lowest BCUT2D eigenvalue weighted by Crippen LogP contribution is -2.42. The highest BCUT2D eigenvalue weighted by molar-refractivity contribution is 6.01. The van der Waals surface area contributed by atoms with E-state index in [1.165, 1.54) is 39.4 Å². The predicted molar refractivity (Wildman–Crippen MR) is 104 cm³/mol. The summed E-state index contributed by atoms with van der Waals surface area (Å²) >= 11 is 0. The van der Waals surface area contributed by atoms with Gasteiger partial charge in [-0.1, -0.05) is 6.07 Å². The summed E-state index contributed by atoms with van der Waals surface area (Å²) in [7, 11) is 7.52. The largest absolute Gasteiger partial charge is 0.493 e. The summed E-state index contributed by atoms with van der Waals surface area (Å²) in [5.74, 6) is -0.683. The van der Waals surface area contributed by atoms with Gasteiger partial charge in [0.25, 0.3) is 5.91 Å². The molecule has 154 valence electrons. The molecule has 0 spiro atoms. The molecule has 2 atom stereocenters. The van der Waals surface area contributed by atoms with Gasteiger partial charge in [-0.3, -0.25) is 9.59 Å². The molecular weight excluding hydrogens is 378 g/mol. The van der Waals surface area contributed by atoms with Crippen molar-refractivity contribution >= 4 is 11.9 Å². The van der Waals surface area contributed by atoms with Crippen LogP contribution in [0, 0.1) is 0 Å². The highest BCUT2D eigenvalue weighted by Gasteiger charge is 2.44. The molecule has 0 aromatic heterocycles. The summed E-state index contributed by atoms with van der Waals surface area (Å²) in [6.45, 7) is 0. The summed E-state index contributed by atoms with van der Waals surface area (Å²) in [6.07, 6.45) is 0. The van der Waals surface area contributed by atoms with Crippen molar-refractivity contribution in [1.29, 1.82) is 0 Å². The third kappa shape index (κ3) is 3.30. The normalized spacial score (nSPS) is 18.1. The standard InChI is InChI=1S/C21H23NO7/c1-22-19(11-6-7-14(26-2)15(8-11)27-3)18(21(24)25)12-9-16(28-4)17(29-5)10-13(12)20(22)23/h6-10,18-19H,1-5H3,(H,24,25)/t18-,19-/m0/s1. The van der Waals surface area contributed by atoms with Crippen LogP contribution in [0.1, 0.15) is 33.4 Å². The molecule has 1 aliphatic rings. The van der Waals surface area contributed by atoms with Crippen LogP contribution >= 0.6 is 0 Å². The van der Waals surface area contributed by atoms with Crippen LogP contribution < -0.4 is 18.9 Å². The molecule has 0 unspecified atom stereocenters. The van der Waals surface area contributed by atoms with E-state index in [9.17, 15) is 14.7 Å². The van der Waals surface area contributed by atoms with E-state index >= 15 is 0 Å². The van der Waals surface area contributed by atoms with Gasteiger partial charge in [0.1, 0.15) is 5.92 Å². The first-order valence-electron chi connectivity index (χ1n) is 8.85. The monoisotopic (exact) mass is 401 g/mol. The fraction of sp³-hybridized carbons (Fsp3) is 0.333. The molecule has 0 fully saturated rings. The Morgan fingerprint density at radius 1 is 0.897 bits per heavy atom. The van der Waals surface area contributed by atoms with Gasteiger partial charge < -0.3 is 29.0 Å². The molecule has 2 aromatic carbocycles. The molecule has 0 saturated heterocycles. The number of likely N-dealkylation sites (N-methyl/N-ethyl adjacent to an activating group) is 1. The predicted octanol–water partition coefficient (Wildman–Crippen LogP) is 2.72. The molecule has 0 bridgehead atoms. The molecule has 1 amide bonds. The summed E-state index contributed by atoms with van der Waals surface area (Å²) in [5.41, 5.74) is 1.26. The Balaban J connectivity index is 2.22. The maximum Gasteiger partial charge on any atom is 0.313 e. The first-order valence-corrected chi connectivity index (χ1v) is 8.85. The lowest BCUT2D eigenvalue weighted by molar-refractivity contribution is -0.140. The van der Waals surface area contributed by atoms with Gasteiger partial charge in [0.05, 0.1) is 34.5 Å². The summed E-state index contributed by atoms with van der Waals surface area (Å²) in [5, 5.41) is 10.1. The van der Waals surface area contributed by atoms with E-state index in [1.807, 2.05) is 0 Å². The highest BCUT2D eigenvalue weighted by Crippen LogP contribution is 2.46. The van der Waals surface area contributed by atoms with Gasteiger partial charge in [-0.2, -0.15) is 0 Å². The summed E-state index contributed by atoms with van der Waals surface area (Å²) in [4.78, 5) is 26.8. The van der Waals surface area contributed by atoms with Gasteiger partial charge in [0.15, 0.2) is 23.0 Å². The van der Waals surface area contributed by atoms with Crippen molar-refractivity contribution in [2.75, 3.05) is 35.5 Å². The summed E-state index contributed by atoms with van der Waals surface area (Å²) < 4.78 is 21.2. The average molecular weight is 401 g/mol. The van der Waals surface area contributed by atoms with Crippen molar-refractivity contribution in [3.05, 3.63) is 47.0 Å². The number of hydrogen-bond acceptors (Lipinski definition) is 6. The molecule has 1 aliphatic heterocycles. The van der Waals surface area contributed by atoms with Crippen LogP contribution in [0.15, 0.2) is 30.3 Å². The SMILES string of the molecule is COc1ccc([C@H]2[C@@H](C(=O)O)c3cc(OC)c(OC)cc3C(=O)N2C)cc1OC. The Morgan fingerprint density at radius 2 is 1.45 bits per heavy atom. The lowest BCUT2D eigenvalue weighted by atomic mass is 9.79. The second-order valence-electron chi connectivity index (χ2n) is 6.59. The third-order valence-electron chi connectivity index (χ3n) is 5.19. The van der Waals surface area contributed by atoms with Gasteiger partial charge in [-0.05, 0) is 35.4 Å². The number of ether oxygens (including phenoxy) is 4. The van der Waals surface area contributed by atoms with Crippen molar-refractivity contribution in [2.24, 2.45) is 0 Å². The Kier molecular flexibility index (Phi) is 5.54. The molecular formula is C21H23NO7. The van der Waals surface area contributed by atoms with Gasteiger partial charge in [0, 0.05) is 12.6 Å². The van der Waals surface area contributed by atoms with Crippen LogP contribution in [0.25, 0.3) is 0 Å². The number of carboxylic acid groups (broad SMARTS) is 1. The van der Waals surface area contributed by atoms with E-state index in [1.54, 1.807) is 31.3 Å².